The van der Waals surface area contributed by atoms with Gasteiger partial charge in [-0.3, -0.25) is 0 Å². The third kappa shape index (κ3) is 3.45. The summed E-state index contributed by atoms with van der Waals surface area (Å²) < 4.78 is 0. The molecule has 0 aromatic carbocycles. The molecule has 1 atom stereocenters. The molecule has 0 aliphatic heterocycles. The zero-order valence-electron chi connectivity index (χ0n) is 9.16. The molecule has 0 radical (unpaired) electrons. The molecular weight excluding hydrogens is 190 g/mol. The summed E-state index contributed by atoms with van der Waals surface area (Å²) in [5, 5.41) is 14.8. The van der Waals surface area contributed by atoms with Gasteiger partial charge in [-0.05, 0) is 24.7 Å². The molecule has 0 spiro atoms. The monoisotopic (exact) mass is 209 g/mol. The van der Waals surface area contributed by atoms with E-state index in [-0.39, 0.29) is 11.5 Å². The Kier molecular flexibility index (Phi) is 3.98. The van der Waals surface area contributed by atoms with Gasteiger partial charge in [0.15, 0.2) is 0 Å². The number of nitrogens with zero attached hydrogens (tertiary/aromatic N) is 1. The molecular formula is C11H19N3O. The summed E-state index contributed by atoms with van der Waals surface area (Å²) in [5.74, 6) is 3.01. The van der Waals surface area contributed by atoms with Gasteiger partial charge in [0, 0.05) is 13.0 Å². The van der Waals surface area contributed by atoms with Gasteiger partial charge < -0.3 is 16.3 Å². The predicted octanol–water partition coefficient (Wildman–Crippen LogP) is 0.904. The lowest BCUT2D eigenvalue weighted by atomic mass is 10.0. The number of rotatable bonds is 6. The molecule has 0 aromatic heterocycles. The Morgan fingerprint density at radius 2 is 2.40 bits per heavy atom. The van der Waals surface area contributed by atoms with Gasteiger partial charge >= 0.3 is 0 Å². The molecule has 1 fully saturated rings. The van der Waals surface area contributed by atoms with Crippen LogP contribution in [0.25, 0.3) is 0 Å². The van der Waals surface area contributed by atoms with Crippen molar-refractivity contribution in [2.45, 2.75) is 38.6 Å². The molecule has 4 nitrogen and oxygen atoms in total. The maximum Gasteiger partial charge on any atom is 0.139 e. The highest BCUT2D eigenvalue weighted by molar-refractivity contribution is 5.80. The molecule has 4 heteroatoms. The standard InChI is InChI=1S/C11H19N3O/c1-3-9(4-2)13-8-11(5-6-11)7-10(12)14-15/h1,9,13,15H,4-8H2,2H3,(H2,12,14). The van der Waals surface area contributed by atoms with Crippen LogP contribution in [0.4, 0.5) is 0 Å². The van der Waals surface area contributed by atoms with Crippen LogP contribution in [-0.2, 0) is 0 Å². The summed E-state index contributed by atoms with van der Waals surface area (Å²) in [4.78, 5) is 0. The van der Waals surface area contributed by atoms with Gasteiger partial charge in [0.1, 0.15) is 5.84 Å². The largest absolute Gasteiger partial charge is 0.409 e. The van der Waals surface area contributed by atoms with Gasteiger partial charge in [0.05, 0.1) is 6.04 Å². The second-order valence-corrected chi connectivity index (χ2v) is 4.28. The third-order valence-corrected chi connectivity index (χ3v) is 2.97. The highest BCUT2D eigenvalue weighted by atomic mass is 16.4. The van der Waals surface area contributed by atoms with Gasteiger partial charge in [-0.25, -0.2) is 0 Å². The van der Waals surface area contributed by atoms with Crippen molar-refractivity contribution in [2.24, 2.45) is 16.3 Å². The molecule has 1 unspecified atom stereocenters. The molecule has 1 aliphatic carbocycles. The topological polar surface area (TPSA) is 70.6 Å². The minimum atomic E-state index is 0.134. The van der Waals surface area contributed by atoms with Crippen LogP contribution in [0, 0.1) is 17.8 Å². The van der Waals surface area contributed by atoms with Crippen molar-refractivity contribution < 1.29 is 5.21 Å². The first kappa shape index (κ1) is 11.9. The third-order valence-electron chi connectivity index (χ3n) is 2.97. The van der Waals surface area contributed by atoms with E-state index in [0.717, 1.165) is 25.8 Å². The van der Waals surface area contributed by atoms with Crippen LogP contribution in [0.15, 0.2) is 5.16 Å². The van der Waals surface area contributed by atoms with Crippen LogP contribution in [0.2, 0.25) is 0 Å². The highest BCUT2D eigenvalue weighted by Crippen LogP contribution is 2.48. The Morgan fingerprint density at radius 3 is 2.80 bits per heavy atom. The number of oxime groups is 1. The van der Waals surface area contributed by atoms with Crippen molar-refractivity contribution in [2.75, 3.05) is 6.54 Å². The van der Waals surface area contributed by atoms with Gasteiger partial charge in [-0.2, -0.15) is 0 Å². The lowest BCUT2D eigenvalue weighted by Crippen LogP contribution is -2.34. The summed E-state index contributed by atoms with van der Waals surface area (Å²) >= 11 is 0. The van der Waals surface area contributed by atoms with E-state index in [4.69, 9.17) is 17.4 Å². The maximum absolute atomic E-state index is 8.51. The molecule has 0 bridgehead atoms. The fourth-order valence-corrected chi connectivity index (χ4v) is 1.67. The van der Waals surface area contributed by atoms with E-state index < -0.39 is 0 Å². The lowest BCUT2D eigenvalue weighted by molar-refractivity contribution is 0.314. The fourth-order valence-electron chi connectivity index (χ4n) is 1.67. The van der Waals surface area contributed by atoms with Crippen molar-refractivity contribution >= 4 is 5.84 Å². The number of nitrogens with one attached hydrogen (secondary N) is 1. The molecule has 1 rings (SSSR count). The molecule has 4 N–H and O–H groups in total. The Labute approximate surface area is 90.9 Å². The predicted molar refractivity (Wildman–Crippen MR) is 60.6 cm³/mol. The molecule has 15 heavy (non-hydrogen) atoms. The maximum atomic E-state index is 8.51. The zero-order chi connectivity index (χ0) is 11.3. The number of hydrogen-bond acceptors (Lipinski definition) is 3. The number of nitrogens with two attached hydrogens (primary N) is 1. The van der Waals surface area contributed by atoms with Crippen LogP contribution in [0.1, 0.15) is 32.6 Å². The minimum Gasteiger partial charge on any atom is -0.409 e. The second kappa shape index (κ2) is 5.04. The first-order chi connectivity index (χ1) is 7.15. The van der Waals surface area contributed by atoms with Gasteiger partial charge in [-0.15, -0.1) is 6.42 Å². The number of amidine groups is 1. The number of terminal acetylenes is 1. The van der Waals surface area contributed by atoms with E-state index >= 15 is 0 Å². The average Bonchev–Trinajstić information content (AvgIpc) is 3.00. The lowest BCUT2D eigenvalue weighted by Gasteiger charge is -2.18. The van der Waals surface area contributed by atoms with Crippen LogP contribution >= 0.6 is 0 Å². The molecule has 1 aliphatic rings. The van der Waals surface area contributed by atoms with Crippen LogP contribution in [0.3, 0.4) is 0 Å². The summed E-state index contributed by atoms with van der Waals surface area (Å²) in [6, 6.07) is 0.134. The van der Waals surface area contributed by atoms with Gasteiger partial charge in [0.2, 0.25) is 0 Å². The normalized spacial score (nSPS) is 20.7. The van der Waals surface area contributed by atoms with E-state index in [9.17, 15) is 0 Å². The smallest absolute Gasteiger partial charge is 0.139 e. The van der Waals surface area contributed by atoms with Crippen molar-refractivity contribution in [3.63, 3.8) is 0 Å². The van der Waals surface area contributed by atoms with Gasteiger partial charge in [-0.1, -0.05) is 18.0 Å². The molecule has 0 amide bonds. The first-order valence-electron chi connectivity index (χ1n) is 5.31. The Morgan fingerprint density at radius 1 is 1.73 bits per heavy atom. The number of hydrogen-bond donors (Lipinski definition) is 3. The van der Waals surface area contributed by atoms with E-state index in [0.29, 0.717) is 12.3 Å². The Balaban J connectivity index is 2.35. The van der Waals surface area contributed by atoms with E-state index in [1.54, 1.807) is 0 Å². The van der Waals surface area contributed by atoms with Crippen molar-refractivity contribution in [3.05, 3.63) is 0 Å². The summed E-state index contributed by atoms with van der Waals surface area (Å²) in [7, 11) is 0. The van der Waals surface area contributed by atoms with Crippen molar-refractivity contribution in [1.29, 1.82) is 0 Å². The fraction of sp³-hybridized carbons (Fsp3) is 0.727. The molecule has 1 saturated carbocycles. The van der Waals surface area contributed by atoms with Gasteiger partial charge in [0.25, 0.3) is 0 Å². The van der Waals surface area contributed by atoms with E-state index in [1.807, 2.05) is 0 Å². The van der Waals surface area contributed by atoms with Crippen molar-refractivity contribution in [1.82, 2.24) is 5.32 Å². The highest BCUT2D eigenvalue weighted by Gasteiger charge is 2.43. The van der Waals surface area contributed by atoms with Crippen LogP contribution < -0.4 is 11.1 Å². The van der Waals surface area contributed by atoms with E-state index in [2.05, 4.69) is 23.3 Å². The van der Waals surface area contributed by atoms with E-state index in [1.165, 1.54) is 0 Å². The summed E-state index contributed by atoms with van der Waals surface area (Å²) in [5.41, 5.74) is 5.68. The Hall–Kier alpha value is -1.21. The molecule has 0 saturated heterocycles. The zero-order valence-corrected chi connectivity index (χ0v) is 9.16. The summed E-state index contributed by atoms with van der Waals surface area (Å²) in [6.07, 6.45) is 9.18. The first-order valence-corrected chi connectivity index (χ1v) is 5.31. The van der Waals surface area contributed by atoms with Crippen molar-refractivity contribution in [3.8, 4) is 12.3 Å². The quantitative estimate of drug-likeness (QED) is 0.200. The second-order valence-electron chi connectivity index (χ2n) is 4.28. The van der Waals surface area contributed by atoms with Crippen LogP contribution in [-0.4, -0.2) is 23.6 Å². The Bertz CT molecular complexity index is 276. The SMILES string of the molecule is C#CC(CC)NCC1(CC(N)=NO)CC1. The van der Waals surface area contributed by atoms with Crippen LogP contribution in [0.5, 0.6) is 0 Å². The average molecular weight is 209 g/mol. The minimum absolute atomic E-state index is 0.134. The summed E-state index contributed by atoms with van der Waals surface area (Å²) in [6.45, 7) is 2.91. The molecule has 0 aromatic rings. The molecule has 0 heterocycles. The molecule has 84 valence electrons.